The maximum Gasteiger partial charge on any atom is 0.335 e. The number of fused-ring (bicyclic) bond motifs is 2. The van der Waals surface area contributed by atoms with E-state index in [9.17, 15) is 14.7 Å². The zero-order valence-corrected chi connectivity index (χ0v) is 15.1. The van der Waals surface area contributed by atoms with Crippen LogP contribution in [0.4, 0.5) is 5.69 Å². The average molecular weight is 389 g/mol. The molecule has 2 N–H and O–H groups in total. The Morgan fingerprint density at radius 2 is 1.86 bits per heavy atom. The van der Waals surface area contributed by atoms with Crippen molar-refractivity contribution < 1.29 is 14.6 Å². The molecule has 3 heterocycles. The van der Waals surface area contributed by atoms with Gasteiger partial charge in [0.2, 0.25) is 5.88 Å². The SMILES string of the molecule is O=c1[nH]c(=O)n(-c2ccc3c(c2)OCCO3)c(O)c1/C=C1\C=Nc2ccccc21. The summed E-state index contributed by atoms with van der Waals surface area (Å²) >= 11 is 0. The van der Waals surface area contributed by atoms with Crippen LogP contribution in [0.2, 0.25) is 0 Å². The number of rotatable bonds is 2. The van der Waals surface area contributed by atoms with Crippen molar-refractivity contribution in [2.75, 3.05) is 13.2 Å². The molecule has 0 saturated carbocycles. The number of nitrogens with zero attached hydrogens (tertiary/aromatic N) is 2. The number of benzene rings is 2. The molecule has 0 saturated heterocycles. The molecule has 8 heteroatoms. The van der Waals surface area contributed by atoms with E-state index in [-0.39, 0.29) is 5.56 Å². The second-order valence-electron chi connectivity index (χ2n) is 6.53. The Morgan fingerprint density at radius 1 is 1.07 bits per heavy atom. The summed E-state index contributed by atoms with van der Waals surface area (Å²) in [6, 6.07) is 12.3. The zero-order valence-electron chi connectivity index (χ0n) is 15.1. The van der Waals surface area contributed by atoms with Crippen LogP contribution in [0, 0.1) is 0 Å². The van der Waals surface area contributed by atoms with Crippen molar-refractivity contribution in [3.8, 4) is 23.1 Å². The first-order valence-electron chi connectivity index (χ1n) is 8.95. The lowest BCUT2D eigenvalue weighted by Crippen LogP contribution is -2.30. The van der Waals surface area contributed by atoms with Gasteiger partial charge >= 0.3 is 5.69 Å². The molecule has 0 spiro atoms. The lowest BCUT2D eigenvalue weighted by Gasteiger charge is -2.19. The van der Waals surface area contributed by atoms with Gasteiger partial charge in [0, 0.05) is 23.4 Å². The Hall–Kier alpha value is -4.07. The van der Waals surface area contributed by atoms with Crippen molar-refractivity contribution >= 4 is 23.6 Å². The third-order valence-corrected chi connectivity index (χ3v) is 4.76. The monoisotopic (exact) mass is 389 g/mol. The smallest absolute Gasteiger partial charge is 0.335 e. The topological polar surface area (TPSA) is 106 Å². The third kappa shape index (κ3) is 2.82. The molecule has 29 heavy (non-hydrogen) atoms. The van der Waals surface area contributed by atoms with Gasteiger partial charge in [0.25, 0.3) is 5.56 Å². The molecule has 0 aliphatic carbocycles. The minimum atomic E-state index is -0.758. The molecule has 2 aromatic carbocycles. The number of ether oxygens (including phenoxy) is 2. The van der Waals surface area contributed by atoms with E-state index in [2.05, 4.69) is 9.98 Å². The van der Waals surface area contributed by atoms with E-state index in [0.29, 0.717) is 36.0 Å². The lowest BCUT2D eigenvalue weighted by atomic mass is 10.1. The Kier molecular flexibility index (Phi) is 3.83. The van der Waals surface area contributed by atoms with Gasteiger partial charge < -0.3 is 14.6 Å². The second kappa shape index (κ2) is 6.52. The highest BCUT2D eigenvalue weighted by Gasteiger charge is 2.19. The van der Waals surface area contributed by atoms with E-state index in [0.717, 1.165) is 15.8 Å². The van der Waals surface area contributed by atoms with Gasteiger partial charge in [-0.25, -0.2) is 9.36 Å². The normalized spacial score (nSPS) is 15.5. The summed E-state index contributed by atoms with van der Waals surface area (Å²) in [7, 11) is 0. The molecular formula is C21H15N3O5. The van der Waals surface area contributed by atoms with Gasteiger partial charge in [-0.3, -0.25) is 14.8 Å². The summed E-state index contributed by atoms with van der Waals surface area (Å²) in [5.41, 5.74) is 1.12. The van der Waals surface area contributed by atoms with Gasteiger partial charge in [-0.2, -0.15) is 0 Å². The first-order chi connectivity index (χ1) is 14.1. The van der Waals surface area contributed by atoms with Gasteiger partial charge in [-0.15, -0.1) is 0 Å². The Morgan fingerprint density at radius 3 is 2.72 bits per heavy atom. The fourth-order valence-electron chi connectivity index (χ4n) is 3.39. The van der Waals surface area contributed by atoms with E-state index in [1.165, 1.54) is 6.08 Å². The maximum atomic E-state index is 12.4. The molecule has 0 bridgehead atoms. The predicted molar refractivity (Wildman–Crippen MR) is 108 cm³/mol. The number of allylic oxidation sites excluding steroid dienone is 1. The molecule has 2 aliphatic heterocycles. The summed E-state index contributed by atoms with van der Waals surface area (Å²) in [4.78, 5) is 31.4. The number of H-pyrrole nitrogens is 1. The number of aromatic hydroxyl groups is 1. The fourth-order valence-corrected chi connectivity index (χ4v) is 3.39. The van der Waals surface area contributed by atoms with Crippen LogP contribution in [0.25, 0.3) is 17.3 Å². The molecule has 3 aromatic rings. The van der Waals surface area contributed by atoms with Crippen LogP contribution in [0.15, 0.2) is 57.0 Å². The molecular weight excluding hydrogens is 374 g/mol. The van der Waals surface area contributed by atoms with Gasteiger partial charge in [0.15, 0.2) is 11.5 Å². The molecule has 0 atom stereocenters. The first kappa shape index (κ1) is 17.1. The van der Waals surface area contributed by atoms with E-state index in [1.54, 1.807) is 24.4 Å². The van der Waals surface area contributed by atoms with Crippen LogP contribution < -0.4 is 20.7 Å². The highest BCUT2D eigenvalue weighted by atomic mass is 16.6. The van der Waals surface area contributed by atoms with Crippen LogP contribution >= 0.6 is 0 Å². The van der Waals surface area contributed by atoms with Crippen molar-refractivity contribution in [3.63, 3.8) is 0 Å². The third-order valence-electron chi connectivity index (χ3n) is 4.76. The summed E-state index contributed by atoms with van der Waals surface area (Å²) < 4.78 is 12.0. The Labute approximate surface area is 164 Å². The molecule has 0 unspecified atom stereocenters. The molecule has 8 nitrogen and oxygen atoms in total. The summed E-state index contributed by atoms with van der Waals surface area (Å²) in [6.45, 7) is 0.829. The van der Waals surface area contributed by atoms with Crippen LogP contribution in [0.1, 0.15) is 11.1 Å². The number of aromatic nitrogens is 2. The number of nitrogens with one attached hydrogen (secondary N) is 1. The van der Waals surface area contributed by atoms with Crippen molar-refractivity contribution in [2.45, 2.75) is 0 Å². The molecule has 0 amide bonds. The highest BCUT2D eigenvalue weighted by Crippen LogP contribution is 2.34. The highest BCUT2D eigenvalue weighted by molar-refractivity contribution is 6.21. The summed E-state index contributed by atoms with van der Waals surface area (Å²) in [6.07, 6.45) is 3.13. The van der Waals surface area contributed by atoms with Crippen molar-refractivity contribution in [1.82, 2.24) is 9.55 Å². The zero-order chi connectivity index (χ0) is 20.0. The van der Waals surface area contributed by atoms with Crippen LogP contribution in [0.3, 0.4) is 0 Å². The largest absolute Gasteiger partial charge is 0.494 e. The molecule has 0 radical (unpaired) electrons. The number of aliphatic imine (C=N–C) groups is 1. The van der Waals surface area contributed by atoms with Crippen molar-refractivity contribution in [3.05, 3.63) is 74.4 Å². The number of para-hydroxylation sites is 1. The number of aromatic amines is 1. The number of hydrogen-bond acceptors (Lipinski definition) is 6. The molecule has 2 aliphatic rings. The fraction of sp³-hybridized carbons (Fsp3) is 0.0952. The van der Waals surface area contributed by atoms with Gasteiger partial charge in [0.05, 0.1) is 11.4 Å². The molecule has 144 valence electrons. The van der Waals surface area contributed by atoms with E-state index < -0.39 is 17.1 Å². The van der Waals surface area contributed by atoms with E-state index in [1.807, 2.05) is 24.3 Å². The molecule has 5 rings (SSSR count). The molecule has 1 aromatic heterocycles. The van der Waals surface area contributed by atoms with Crippen molar-refractivity contribution in [1.29, 1.82) is 0 Å². The van der Waals surface area contributed by atoms with Gasteiger partial charge in [-0.05, 0) is 24.3 Å². The quantitative estimate of drug-likeness (QED) is 0.699. The Balaban J connectivity index is 1.67. The summed E-state index contributed by atoms with van der Waals surface area (Å²) in [5, 5.41) is 10.8. The standard InChI is InChI=1S/C21H15N3O5/c25-19-15(9-12-11-22-16-4-2-1-3-14(12)16)20(26)24(21(27)23-19)13-5-6-17-18(10-13)29-8-7-28-17/h1-6,9-11,26H,7-8H2,(H,23,25,27)/b12-9+. The van der Waals surface area contributed by atoms with E-state index in [4.69, 9.17) is 9.47 Å². The van der Waals surface area contributed by atoms with Crippen LogP contribution in [-0.2, 0) is 0 Å². The van der Waals surface area contributed by atoms with Crippen molar-refractivity contribution in [2.24, 2.45) is 4.99 Å². The lowest BCUT2D eigenvalue weighted by molar-refractivity contribution is 0.171. The van der Waals surface area contributed by atoms with Crippen LogP contribution in [-0.4, -0.2) is 34.1 Å². The van der Waals surface area contributed by atoms with Gasteiger partial charge in [0.1, 0.15) is 18.8 Å². The molecule has 0 fully saturated rings. The average Bonchev–Trinajstić information content (AvgIpc) is 3.14. The number of hydrogen-bond donors (Lipinski definition) is 2. The second-order valence-corrected chi connectivity index (χ2v) is 6.53. The maximum absolute atomic E-state index is 12.4. The first-order valence-corrected chi connectivity index (χ1v) is 8.95. The van der Waals surface area contributed by atoms with Gasteiger partial charge in [-0.1, -0.05) is 18.2 Å². The van der Waals surface area contributed by atoms with Crippen LogP contribution in [0.5, 0.6) is 17.4 Å². The minimum absolute atomic E-state index is 0.0438. The Bertz CT molecular complexity index is 1320. The summed E-state index contributed by atoms with van der Waals surface area (Å²) in [5.74, 6) is 0.543. The minimum Gasteiger partial charge on any atom is -0.494 e. The predicted octanol–water partition coefficient (Wildman–Crippen LogP) is 2.26. The van der Waals surface area contributed by atoms with E-state index >= 15 is 0 Å².